The number of nitrogens with one attached hydrogen (secondary N) is 1. The highest BCUT2D eigenvalue weighted by atomic mass is 32.2. The molecule has 1 aliphatic carbocycles. The number of carbonyl (C=O) groups is 1. The third-order valence-corrected chi connectivity index (χ3v) is 7.20. The van der Waals surface area contributed by atoms with Gasteiger partial charge in [0.1, 0.15) is 12.1 Å². The summed E-state index contributed by atoms with van der Waals surface area (Å²) in [6.45, 7) is 4.18. The van der Waals surface area contributed by atoms with E-state index < -0.39 is 0 Å². The molecule has 1 saturated carbocycles. The van der Waals surface area contributed by atoms with Gasteiger partial charge in [-0.15, -0.1) is 10.2 Å². The highest BCUT2D eigenvalue weighted by Gasteiger charge is 2.38. The number of ether oxygens (including phenoxy) is 2. The van der Waals surface area contributed by atoms with E-state index in [4.69, 9.17) is 9.47 Å². The molecule has 0 unspecified atom stereocenters. The summed E-state index contributed by atoms with van der Waals surface area (Å²) in [5, 5.41) is 12.1. The van der Waals surface area contributed by atoms with Crippen molar-refractivity contribution in [3.8, 4) is 11.4 Å². The van der Waals surface area contributed by atoms with Crippen LogP contribution in [0.2, 0.25) is 0 Å². The molecule has 1 N–H and O–H groups in total. The third-order valence-electron chi connectivity index (χ3n) is 6.26. The second-order valence-corrected chi connectivity index (χ2v) is 9.08. The maximum Gasteiger partial charge on any atom is 0.230 e. The predicted molar refractivity (Wildman–Crippen MR) is 120 cm³/mol. The quantitative estimate of drug-likeness (QED) is 0.625. The van der Waals surface area contributed by atoms with E-state index in [1.54, 1.807) is 13.4 Å². The van der Waals surface area contributed by atoms with Crippen LogP contribution in [0, 0.1) is 0 Å². The van der Waals surface area contributed by atoms with Gasteiger partial charge in [-0.05, 0) is 25.0 Å². The van der Waals surface area contributed by atoms with Crippen LogP contribution in [-0.2, 0) is 9.53 Å². The van der Waals surface area contributed by atoms with Gasteiger partial charge in [0, 0.05) is 31.2 Å². The number of thioether (sulfide) groups is 1. The van der Waals surface area contributed by atoms with E-state index in [1.165, 1.54) is 31.0 Å². The van der Waals surface area contributed by atoms with Gasteiger partial charge in [-0.1, -0.05) is 37.1 Å². The Labute approximate surface area is 187 Å². The average molecular weight is 446 g/mol. The molecular formula is C22H31N5O3S. The zero-order chi connectivity index (χ0) is 21.5. The Kier molecular flexibility index (Phi) is 7.47. The average Bonchev–Trinajstić information content (AvgIpc) is 3.31. The van der Waals surface area contributed by atoms with Crippen molar-refractivity contribution in [3.63, 3.8) is 0 Å². The van der Waals surface area contributed by atoms with Crippen LogP contribution in [0.15, 0.2) is 35.7 Å². The number of hydrogen-bond acceptors (Lipinski definition) is 7. The van der Waals surface area contributed by atoms with Crippen LogP contribution >= 0.6 is 11.8 Å². The molecule has 1 amide bonds. The van der Waals surface area contributed by atoms with Crippen molar-refractivity contribution >= 4 is 17.7 Å². The number of morpholine rings is 1. The van der Waals surface area contributed by atoms with E-state index in [-0.39, 0.29) is 11.4 Å². The fraction of sp³-hybridized carbons (Fsp3) is 0.591. The number of aromatic nitrogens is 3. The van der Waals surface area contributed by atoms with Gasteiger partial charge in [0.2, 0.25) is 5.91 Å². The molecule has 0 radical (unpaired) electrons. The van der Waals surface area contributed by atoms with Gasteiger partial charge >= 0.3 is 0 Å². The molecule has 4 rings (SSSR count). The topological polar surface area (TPSA) is 81.5 Å². The van der Waals surface area contributed by atoms with Crippen LogP contribution in [0.3, 0.4) is 0 Å². The first-order chi connectivity index (χ1) is 15.2. The summed E-state index contributed by atoms with van der Waals surface area (Å²) in [5.41, 5.74) is 0.976. The van der Waals surface area contributed by atoms with Gasteiger partial charge in [-0.25, -0.2) is 0 Å². The number of nitrogens with zero attached hydrogens (tertiary/aromatic N) is 4. The lowest BCUT2D eigenvalue weighted by atomic mass is 9.79. The van der Waals surface area contributed by atoms with E-state index in [2.05, 4.69) is 20.4 Å². The lowest BCUT2D eigenvalue weighted by molar-refractivity contribution is -0.119. The standard InChI is InChI=1S/C22H31N5O3S/c1-29-19-7-5-6-18(14-19)27-17-24-25-21(27)31-15-20(28)23-16-22(8-3-2-4-9-22)26-10-12-30-13-11-26/h5-7,14,17H,2-4,8-13,15-16H2,1H3,(H,23,28). The van der Waals surface area contributed by atoms with Crippen molar-refractivity contribution in [2.24, 2.45) is 0 Å². The molecule has 0 bridgehead atoms. The summed E-state index contributed by atoms with van der Waals surface area (Å²) in [6, 6.07) is 7.70. The molecule has 168 valence electrons. The molecule has 0 spiro atoms. The molecule has 8 nitrogen and oxygen atoms in total. The highest BCUT2D eigenvalue weighted by Crippen LogP contribution is 2.34. The Hall–Kier alpha value is -2.10. The third kappa shape index (κ3) is 5.39. The van der Waals surface area contributed by atoms with E-state index in [0.29, 0.717) is 17.5 Å². The molecule has 0 atom stereocenters. The number of benzene rings is 1. The molecule has 2 heterocycles. The van der Waals surface area contributed by atoms with E-state index in [9.17, 15) is 4.79 Å². The zero-order valence-corrected chi connectivity index (χ0v) is 18.9. The SMILES string of the molecule is COc1cccc(-n2cnnc2SCC(=O)NCC2(N3CCOCC3)CCCCC2)c1. The summed E-state index contributed by atoms with van der Waals surface area (Å²) in [7, 11) is 1.64. The number of rotatable bonds is 8. The molecule has 1 saturated heterocycles. The van der Waals surface area contributed by atoms with Gasteiger partial charge in [-0.3, -0.25) is 14.3 Å². The summed E-state index contributed by atoms with van der Waals surface area (Å²) in [5.74, 6) is 1.10. The van der Waals surface area contributed by atoms with Crippen molar-refractivity contribution in [1.82, 2.24) is 25.0 Å². The fourth-order valence-corrected chi connectivity index (χ4v) is 5.32. The summed E-state index contributed by atoms with van der Waals surface area (Å²) in [4.78, 5) is 15.2. The summed E-state index contributed by atoms with van der Waals surface area (Å²) < 4.78 is 12.7. The molecular weight excluding hydrogens is 414 g/mol. The molecule has 2 aliphatic rings. The predicted octanol–water partition coefficient (Wildman–Crippen LogP) is 2.52. The van der Waals surface area contributed by atoms with Crippen LogP contribution in [0.4, 0.5) is 0 Å². The zero-order valence-electron chi connectivity index (χ0n) is 18.1. The molecule has 9 heteroatoms. The lowest BCUT2D eigenvalue weighted by Crippen LogP contribution is -2.59. The Morgan fingerprint density at radius 2 is 2.06 bits per heavy atom. The monoisotopic (exact) mass is 445 g/mol. The van der Waals surface area contributed by atoms with E-state index >= 15 is 0 Å². The van der Waals surface area contributed by atoms with Crippen molar-refractivity contribution in [1.29, 1.82) is 0 Å². The number of methoxy groups -OCH3 is 1. The maximum atomic E-state index is 12.7. The van der Waals surface area contributed by atoms with Crippen molar-refractivity contribution in [2.45, 2.75) is 42.8 Å². The van der Waals surface area contributed by atoms with Gasteiger partial charge in [0.05, 0.1) is 31.8 Å². The fourth-order valence-electron chi connectivity index (χ4n) is 4.56. The lowest BCUT2D eigenvalue weighted by Gasteiger charge is -2.48. The Balaban J connectivity index is 1.34. The molecule has 2 fully saturated rings. The normalized spacial score (nSPS) is 19.1. The van der Waals surface area contributed by atoms with Crippen LogP contribution in [-0.4, -0.2) is 76.8 Å². The van der Waals surface area contributed by atoms with Crippen molar-refractivity contribution < 1.29 is 14.3 Å². The number of hydrogen-bond donors (Lipinski definition) is 1. The first kappa shape index (κ1) is 22.1. The maximum absolute atomic E-state index is 12.7. The molecule has 1 aromatic heterocycles. The molecule has 1 aliphatic heterocycles. The van der Waals surface area contributed by atoms with E-state index in [0.717, 1.165) is 50.6 Å². The second kappa shape index (κ2) is 10.5. The van der Waals surface area contributed by atoms with Crippen LogP contribution in [0.1, 0.15) is 32.1 Å². The molecule has 2 aromatic rings. The molecule has 31 heavy (non-hydrogen) atoms. The minimum absolute atomic E-state index is 0.0309. The van der Waals surface area contributed by atoms with E-state index in [1.807, 2.05) is 28.8 Å². The smallest absolute Gasteiger partial charge is 0.230 e. The van der Waals surface area contributed by atoms with Gasteiger partial charge < -0.3 is 14.8 Å². The van der Waals surface area contributed by atoms with Gasteiger partial charge in [-0.2, -0.15) is 0 Å². The Morgan fingerprint density at radius 1 is 1.26 bits per heavy atom. The van der Waals surface area contributed by atoms with Crippen LogP contribution < -0.4 is 10.1 Å². The van der Waals surface area contributed by atoms with Crippen LogP contribution in [0.25, 0.3) is 5.69 Å². The van der Waals surface area contributed by atoms with Gasteiger partial charge in [0.25, 0.3) is 0 Å². The van der Waals surface area contributed by atoms with Crippen molar-refractivity contribution in [3.05, 3.63) is 30.6 Å². The Morgan fingerprint density at radius 3 is 2.84 bits per heavy atom. The minimum atomic E-state index is 0.0309. The first-order valence-corrected chi connectivity index (χ1v) is 12.0. The first-order valence-electron chi connectivity index (χ1n) is 11.0. The largest absolute Gasteiger partial charge is 0.497 e. The highest BCUT2D eigenvalue weighted by molar-refractivity contribution is 7.99. The summed E-state index contributed by atoms with van der Waals surface area (Å²) in [6.07, 6.45) is 7.69. The van der Waals surface area contributed by atoms with Crippen LogP contribution in [0.5, 0.6) is 5.75 Å². The number of amides is 1. The number of carbonyl (C=O) groups excluding carboxylic acids is 1. The summed E-state index contributed by atoms with van der Waals surface area (Å²) >= 11 is 1.39. The Bertz CT molecular complexity index is 862. The van der Waals surface area contributed by atoms with Gasteiger partial charge in [0.15, 0.2) is 5.16 Å². The molecule has 1 aromatic carbocycles. The van der Waals surface area contributed by atoms with Crippen molar-refractivity contribution in [2.75, 3.05) is 45.7 Å². The second-order valence-electron chi connectivity index (χ2n) is 8.13. The minimum Gasteiger partial charge on any atom is -0.497 e.